The third kappa shape index (κ3) is 3.69. The van der Waals surface area contributed by atoms with Crippen molar-refractivity contribution in [1.82, 2.24) is 3.89 Å². The number of nitrogens with zero attached hydrogens (tertiary/aromatic N) is 1. The van der Waals surface area contributed by atoms with Crippen LogP contribution in [-0.2, 0) is 10.0 Å². The highest BCUT2D eigenvalue weighted by Gasteiger charge is 2.42. The van der Waals surface area contributed by atoms with Gasteiger partial charge >= 0.3 is 10.0 Å². The van der Waals surface area contributed by atoms with Crippen molar-refractivity contribution in [2.24, 2.45) is 5.73 Å². The molecule has 3 rings (SSSR count). The molecule has 1 heterocycles. The Bertz CT molecular complexity index is 997. The first-order valence-electron chi connectivity index (χ1n) is 9.06. The topological polar surface area (TPSA) is 78.6 Å². The van der Waals surface area contributed by atoms with Crippen molar-refractivity contribution in [3.8, 4) is 17.2 Å². The van der Waals surface area contributed by atoms with Crippen molar-refractivity contribution in [3.63, 3.8) is 0 Å². The third-order valence-corrected chi connectivity index (χ3v) is 6.94. The van der Waals surface area contributed by atoms with Gasteiger partial charge in [0.15, 0.2) is 17.2 Å². The second-order valence-corrected chi connectivity index (χ2v) is 8.80. The van der Waals surface area contributed by atoms with Crippen molar-refractivity contribution in [2.45, 2.75) is 6.92 Å². The summed E-state index contributed by atoms with van der Waals surface area (Å²) in [6.07, 6.45) is 5.46. The van der Waals surface area contributed by atoms with E-state index in [4.69, 9.17) is 15.2 Å². The molecule has 148 valence electrons. The molecule has 2 aromatic rings. The molecule has 0 aliphatic carbocycles. The van der Waals surface area contributed by atoms with Gasteiger partial charge in [-0.25, -0.2) is 0 Å². The fourth-order valence-corrected chi connectivity index (χ4v) is 4.72. The van der Waals surface area contributed by atoms with E-state index in [9.17, 15) is 8.42 Å². The molecule has 0 saturated heterocycles. The van der Waals surface area contributed by atoms with Crippen LogP contribution in [0.5, 0.6) is 17.2 Å². The summed E-state index contributed by atoms with van der Waals surface area (Å²) in [5.41, 5.74) is 7.20. The van der Waals surface area contributed by atoms with Gasteiger partial charge < -0.3 is 15.2 Å². The third-order valence-electron chi connectivity index (χ3n) is 4.75. The predicted molar refractivity (Wildman–Crippen MR) is 112 cm³/mol. The van der Waals surface area contributed by atoms with Gasteiger partial charge in [0.05, 0.1) is 12.9 Å². The molecule has 0 spiro atoms. The zero-order valence-corrected chi connectivity index (χ0v) is 16.9. The SMILES string of the molecule is CCS(=O)(=O)[N+]1(c2ccc(Oc3ccccc3OC)cc2)C=C(CN)C=CC1. The summed E-state index contributed by atoms with van der Waals surface area (Å²) in [7, 11) is -1.88. The molecule has 28 heavy (non-hydrogen) atoms. The van der Waals surface area contributed by atoms with Gasteiger partial charge in [-0.1, -0.05) is 18.2 Å². The van der Waals surface area contributed by atoms with Crippen LogP contribution in [0.4, 0.5) is 5.69 Å². The first-order chi connectivity index (χ1) is 13.5. The van der Waals surface area contributed by atoms with E-state index < -0.39 is 10.0 Å². The number of quaternary nitrogens is 1. The van der Waals surface area contributed by atoms with Gasteiger partial charge in [-0.3, -0.25) is 0 Å². The van der Waals surface area contributed by atoms with E-state index in [2.05, 4.69) is 0 Å². The minimum Gasteiger partial charge on any atom is -0.493 e. The lowest BCUT2D eigenvalue weighted by atomic mass is 10.2. The highest BCUT2D eigenvalue weighted by molar-refractivity contribution is 7.91. The Labute approximate surface area is 166 Å². The van der Waals surface area contributed by atoms with Crippen LogP contribution in [0.1, 0.15) is 6.92 Å². The number of benzene rings is 2. The van der Waals surface area contributed by atoms with Crippen molar-refractivity contribution >= 4 is 15.7 Å². The van der Waals surface area contributed by atoms with E-state index >= 15 is 0 Å². The van der Waals surface area contributed by atoms with Crippen molar-refractivity contribution in [1.29, 1.82) is 0 Å². The number of methoxy groups -OCH3 is 1. The summed E-state index contributed by atoms with van der Waals surface area (Å²) in [5, 5.41) is 0. The Kier molecular flexibility index (Phi) is 5.88. The smallest absolute Gasteiger partial charge is 0.306 e. The predicted octanol–water partition coefficient (Wildman–Crippen LogP) is 3.56. The number of nitrogens with two attached hydrogens (primary N) is 1. The minimum absolute atomic E-state index is 0.0225. The average Bonchev–Trinajstić information content (AvgIpc) is 2.74. The molecule has 0 fully saturated rings. The van der Waals surface area contributed by atoms with Crippen LogP contribution in [0.15, 0.2) is 72.5 Å². The number of rotatable bonds is 7. The van der Waals surface area contributed by atoms with Crippen LogP contribution in [0, 0.1) is 0 Å². The quantitative estimate of drug-likeness (QED) is 0.718. The number of hydrogen-bond acceptors (Lipinski definition) is 5. The summed E-state index contributed by atoms with van der Waals surface area (Å²) >= 11 is 0. The van der Waals surface area contributed by atoms with Gasteiger partial charge in [-0.2, -0.15) is 12.3 Å². The molecule has 0 saturated carbocycles. The number of hydrogen-bond donors (Lipinski definition) is 1. The molecule has 6 nitrogen and oxygen atoms in total. The Morgan fingerprint density at radius 2 is 1.75 bits per heavy atom. The zero-order valence-electron chi connectivity index (χ0n) is 16.0. The molecule has 1 aliphatic heterocycles. The van der Waals surface area contributed by atoms with Crippen LogP contribution < -0.4 is 19.1 Å². The first kappa shape index (κ1) is 20.1. The Balaban J connectivity index is 1.98. The molecule has 1 unspecified atom stereocenters. The fraction of sp³-hybridized carbons (Fsp3) is 0.238. The van der Waals surface area contributed by atoms with Crippen LogP contribution in [0.25, 0.3) is 0 Å². The van der Waals surface area contributed by atoms with E-state index in [0.717, 1.165) is 5.57 Å². The van der Waals surface area contributed by atoms with Crippen molar-refractivity contribution in [3.05, 3.63) is 72.5 Å². The summed E-state index contributed by atoms with van der Waals surface area (Å²) in [4.78, 5) is 0. The molecule has 0 bridgehead atoms. The van der Waals surface area contributed by atoms with Gasteiger partial charge in [0, 0.05) is 24.3 Å². The maximum atomic E-state index is 13.0. The van der Waals surface area contributed by atoms with Crippen molar-refractivity contribution in [2.75, 3.05) is 26.0 Å². The molecule has 0 amide bonds. The lowest BCUT2D eigenvalue weighted by Crippen LogP contribution is -2.51. The van der Waals surface area contributed by atoms with E-state index in [1.807, 2.05) is 36.4 Å². The maximum absolute atomic E-state index is 13.0. The summed E-state index contributed by atoms with van der Waals surface area (Å²) in [6.45, 7) is 2.26. The van der Waals surface area contributed by atoms with Gasteiger partial charge in [-0.15, -0.1) is 0 Å². The Hall–Kier alpha value is -2.61. The van der Waals surface area contributed by atoms with Gasteiger partial charge in [0.2, 0.25) is 0 Å². The molecular weight excluding hydrogens is 376 g/mol. The van der Waals surface area contributed by atoms with Gasteiger partial charge in [0.1, 0.15) is 18.5 Å². The molecule has 0 radical (unpaired) electrons. The summed E-state index contributed by atoms with van der Waals surface area (Å²) in [5.74, 6) is 1.83. The number of ether oxygens (including phenoxy) is 2. The molecule has 2 N–H and O–H groups in total. The number of para-hydroxylation sites is 2. The lowest BCUT2D eigenvalue weighted by molar-refractivity contribution is 0.379. The van der Waals surface area contributed by atoms with Gasteiger partial charge in [-0.05, 0) is 37.3 Å². The second-order valence-electron chi connectivity index (χ2n) is 6.41. The molecule has 0 aromatic heterocycles. The molecule has 7 heteroatoms. The Morgan fingerprint density at radius 1 is 1.07 bits per heavy atom. The molecular formula is C21H25N2O4S+. The Morgan fingerprint density at radius 3 is 2.36 bits per heavy atom. The normalized spacial score (nSPS) is 19.2. The van der Waals surface area contributed by atoms with Crippen LogP contribution in [0.2, 0.25) is 0 Å². The van der Waals surface area contributed by atoms with E-state index in [-0.39, 0.29) is 16.2 Å². The molecule has 1 atom stereocenters. The average molecular weight is 402 g/mol. The van der Waals surface area contributed by atoms with Gasteiger partial charge in [0.25, 0.3) is 0 Å². The minimum atomic E-state index is -3.47. The molecule has 1 aliphatic rings. The largest absolute Gasteiger partial charge is 0.493 e. The zero-order chi connectivity index (χ0) is 20.2. The summed E-state index contributed by atoms with van der Waals surface area (Å²) in [6, 6.07) is 14.4. The van der Waals surface area contributed by atoms with Crippen molar-refractivity contribution < 1.29 is 17.9 Å². The summed E-state index contributed by atoms with van der Waals surface area (Å²) < 4.78 is 36.9. The second kappa shape index (κ2) is 8.18. The van der Waals surface area contributed by atoms with E-state index in [1.54, 1.807) is 44.5 Å². The highest BCUT2D eigenvalue weighted by atomic mass is 32.2. The van der Waals surface area contributed by atoms with Crippen LogP contribution >= 0.6 is 0 Å². The maximum Gasteiger partial charge on any atom is 0.306 e. The van der Waals surface area contributed by atoms with E-state index in [1.165, 1.54) is 0 Å². The number of sulfonamides is 1. The van der Waals surface area contributed by atoms with Crippen LogP contribution in [0.3, 0.4) is 0 Å². The van der Waals surface area contributed by atoms with E-state index in [0.29, 0.717) is 29.5 Å². The fourth-order valence-electron chi connectivity index (χ4n) is 3.21. The van der Waals surface area contributed by atoms with Crippen LogP contribution in [-0.4, -0.2) is 34.4 Å². The monoisotopic (exact) mass is 401 g/mol. The highest BCUT2D eigenvalue weighted by Crippen LogP contribution is 2.36. The molecule has 2 aromatic carbocycles. The first-order valence-corrected chi connectivity index (χ1v) is 10.7. The lowest BCUT2D eigenvalue weighted by Gasteiger charge is -2.34. The standard InChI is InChI=1S/C21H25N2O4S/c1-3-28(24,25)23(14-6-7-17(15-22)16-23)18-10-12-19(13-11-18)27-21-9-5-4-8-20(21)26-2/h4-13,16H,3,14-15,22H2,1-2H3/q+1.